The first kappa shape index (κ1) is 13.3. The van der Waals surface area contributed by atoms with Crippen LogP contribution in [-0.2, 0) is 14.5 Å². The summed E-state index contributed by atoms with van der Waals surface area (Å²) in [6.07, 6.45) is 7.60. The normalized spacial score (nSPS) is 61.4. The zero-order valence-corrected chi connectivity index (χ0v) is 12.8. The summed E-state index contributed by atoms with van der Waals surface area (Å²) in [6.45, 7) is 2.57. The number of fused-ring (bicyclic) bond motifs is 1. The lowest BCUT2D eigenvalue weighted by atomic mass is 9.40. The Bertz CT molecular complexity index is 444. The van der Waals surface area contributed by atoms with Gasteiger partial charge >= 0.3 is 0 Å². The molecule has 1 saturated heterocycles. The van der Waals surface area contributed by atoms with Crippen LogP contribution in [0.25, 0.3) is 0 Å². The first-order valence-corrected chi connectivity index (χ1v) is 8.84. The number of aliphatic hydroxyl groups excluding tert-OH is 1. The summed E-state index contributed by atoms with van der Waals surface area (Å²) in [5.74, 6) is 3.11. The van der Waals surface area contributed by atoms with E-state index in [9.17, 15) is 5.11 Å². The lowest BCUT2D eigenvalue weighted by Crippen LogP contribution is -2.67. The summed E-state index contributed by atoms with van der Waals surface area (Å²) in [7, 11) is 0. The summed E-state index contributed by atoms with van der Waals surface area (Å²) >= 11 is 0. The largest absolute Gasteiger partial charge is 0.396 e. The van der Waals surface area contributed by atoms with Gasteiger partial charge in [-0.15, -0.1) is 0 Å². The van der Waals surface area contributed by atoms with Gasteiger partial charge in [-0.1, -0.05) is 6.92 Å². The molecule has 5 fully saturated rings. The monoisotopic (exact) mass is 294 g/mol. The van der Waals surface area contributed by atoms with Crippen LogP contribution in [0, 0.1) is 35.5 Å². The fourth-order valence-electron chi connectivity index (χ4n) is 6.03. The molecule has 4 nitrogen and oxygen atoms in total. The number of rotatable bonds is 1. The molecule has 0 aromatic rings. The molecule has 0 amide bonds. The third-order valence-corrected chi connectivity index (χ3v) is 7.37. The lowest BCUT2D eigenvalue weighted by Gasteiger charge is -2.67. The van der Waals surface area contributed by atoms with Crippen LogP contribution in [0.4, 0.5) is 0 Å². The van der Waals surface area contributed by atoms with Crippen LogP contribution in [0.1, 0.15) is 51.9 Å². The molecule has 21 heavy (non-hydrogen) atoms. The third-order valence-electron chi connectivity index (χ3n) is 7.37. The smallest absolute Gasteiger partial charge is 0.210 e. The molecule has 2 spiro atoms. The van der Waals surface area contributed by atoms with E-state index in [0.29, 0.717) is 17.8 Å². The van der Waals surface area contributed by atoms with E-state index in [1.165, 1.54) is 19.3 Å². The highest BCUT2D eigenvalue weighted by Gasteiger charge is 2.71. The molecule has 1 N–H and O–H groups in total. The summed E-state index contributed by atoms with van der Waals surface area (Å²) < 4.78 is 6.60. The van der Waals surface area contributed by atoms with E-state index in [1.54, 1.807) is 0 Å². The van der Waals surface area contributed by atoms with Crippen LogP contribution in [0.15, 0.2) is 0 Å². The van der Waals surface area contributed by atoms with E-state index < -0.39 is 11.6 Å². The van der Waals surface area contributed by atoms with Crippen molar-refractivity contribution in [3.8, 4) is 0 Å². The Balaban J connectivity index is 1.37. The predicted molar refractivity (Wildman–Crippen MR) is 74.7 cm³/mol. The molecular formula is C17H26O4. The second-order valence-electron chi connectivity index (χ2n) is 8.34. The van der Waals surface area contributed by atoms with Crippen molar-refractivity contribution in [3.63, 3.8) is 0 Å². The molecule has 5 aliphatic rings. The van der Waals surface area contributed by atoms with Crippen LogP contribution in [0.2, 0.25) is 0 Å². The van der Waals surface area contributed by atoms with Gasteiger partial charge in [0.25, 0.3) is 0 Å². The van der Waals surface area contributed by atoms with E-state index >= 15 is 0 Å². The molecule has 0 aromatic heterocycles. The highest BCUT2D eigenvalue weighted by molar-refractivity contribution is 5.13. The Kier molecular flexibility index (Phi) is 2.67. The van der Waals surface area contributed by atoms with Crippen LogP contribution >= 0.6 is 0 Å². The molecule has 6 unspecified atom stereocenters. The van der Waals surface area contributed by atoms with Crippen molar-refractivity contribution in [1.82, 2.24) is 0 Å². The summed E-state index contributed by atoms with van der Waals surface area (Å²) in [4.78, 5) is 11.8. The van der Waals surface area contributed by atoms with Gasteiger partial charge in [-0.2, -0.15) is 9.78 Å². The van der Waals surface area contributed by atoms with Gasteiger partial charge < -0.3 is 9.84 Å². The maximum Gasteiger partial charge on any atom is 0.210 e. The van der Waals surface area contributed by atoms with Gasteiger partial charge in [-0.25, -0.2) is 0 Å². The Morgan fingerprint density at radius 3 is 2.52 bits per heavy atom. The minimum absolute atomic E-state index is 0.284. The molecule has 4 saturated carbocycles. The molecular weight excluding hydrogens is 268 g/mol. The predicted octanol–water partition coefficient (Wildman–Crippen LogP) is 2.85. The summed E-state index contributed by atoms with van der Waals surface area (Å²) in [5.41, 5.74) is 0. The first-order chi connectivity index (χ1) is 10.2. The molecule has 1 aliphatic heterocycles. The number of ether oxygens (including phenoxy) is 1. The topological polar surface area (TPSA) is 47.9 Å². The fraction of sp³-hybridized carbons (Fsp3) is 1.00. The lowest BCUT2D eigenvalue weighted by molar-refractivity contribution is -0.404. The van der Waals surface area contributed by atoms with Crippen LogP contribution < -0.4 is 0 Å². The number of hydrogen-bond acceptors (Lipinski definition) is 4. The van der Waals surface area contributed by atoms with E-state index in [0.717, 1.165) is 43.4 Å². The second-order valence-corrected chi connectivity index (χ2v) is 8.34. The maximum atomic E-state index is 9.31. The highest BCUT2D eigenvalue weighted by atomic mass is 17.3. The Morgan fingerprint density at radius 1 is 1.05 bits per heavy atom. The minimum atomic E-state index is -0.526. The molecule has 1 heterocycles. The second kappa shape index (κ2) is 4.22. The fourth-order valence-corrected chi connectivity index (χ4v) is 6.03. The van der Waals surface area contributed by atoms with Gasteiger partial charge in [0.05, 0.1) is 0 Å². The highest BCUT2D eigenvalue weighted by Crippen LogP contribution is 2.70. The van der Waals surface area contributed by atoms with Crippen molar-refractivity contribution >= 4 is 0 Å². The maximum absolute atomic E-state index is 9.31. The van der Waals surface area contributed by atoms with Crippen molar-refractivity contribution < 1.29 is 19.6 Å². The van der Waals surface area contributed by atoms with Crippen LogP contribution in [0.3, 0.4) is 0 Å². The number of aliphatic hydroxyl groups is 1. The average Bonchev–Trinajstić information content (AvgIpc) is 2.83. The SMILES string of the molecule is CC1CC2CC3CC(C23)C12OOC1(CCC(CO)CC1)O2. The van der Waals surface area contributed by atoms with E-state index in [1.807, 2.05) is 0 Å². The third kappa shape index (κ3) is 1.60. The van der Waals surface area contributed by atoms with Gasteiger partial charge in [0.2, 0.25) is 11.6 Å². The van der Waals surface area contributed by atoms with E-state index in [4.69, 9.17) is 14.5 Å². The summed E-state index contributed by atoms with van der Waals surface area (Å²) in [5, 5.41) is 9.31. The summed E-state index contributed by atoms with van der Waals surface area (Å²) in [6, 6.07) is 0. The molecule has 0 aromatic carbocycles. The van der Waals surface area contributed by atoms with Gasteiger partial charge in [-0.3, -0.25) is 0 Å². The molecule has 4 heteroatoms. The molecule has 5 rings (SSSR count). The molecule has 118 valence electrons. The average molecular weight is 294 g/mol. The minimum Gasteiger partial charge on any atom is -0.396 e. The molecule has 4 aliphatic carbocycles. The van der Waals surface area contributed by atoms with Crippen molar-refractivity contribution in [2.24, 2.45) is 35.5 Å². The van der Waals surface area contributed by atoms with Crippen molar-refractivity contribution in [2.75, 3.05) is 6.61 Å². The number of hydrogen-bond donors (Lipinski definition) is 1. The van der Waals surface area contributed by atoms with Crippen molar-refractivity contribution in [3.05, 3.63) is 0 Å². The molecule has 0 bridgehead atoms. The Morgan fingerprint density at radius 2 is 1.81 bits per heavy atom. The van der Waals surface area contributed by atoms with Crippen molar-refractivity contribution in [1.29, 1.82) is 0 Å². The Labute approximate surface area is 126 Å². The van der Waals surface area contributed by atoms with Gasteiger partial charge in [0.1, 0.15) is 0 Å². The van der Waals surface area contributed by atoms with Gasteiger partial charge in [0, 0.05) is 31.3 Å². The van der Waals surface area contributed by atoms with E-state index in [-0.39, 0.29) is 6.61 Å². The first-order valence-electron chi connectivity index (χ1n) is 8.84. The molecule has 0 radical (unpaired) electrons. The zero-order chi connectivity index (χ0) is 14.2. The standard InChI is InChI=1S/C17H26O4/c1-10-6-12-7-13-8-14(15(12)13)17(10)19-16(20-21-17)4-2-11(9-18)3-5-16/h10-15,18H,2-9H2,1H3. The van der Waals surface area contributed by atoms with Crippen molar-refractivity contribution in [2.45, 2.75) is 63.4 Å². The van der Waals surface area contributed by atoms with Gasteiger partial charge in [0.15, 0.2) is 0 Å². The van der Waals surface area contributed by atoms with Gasteiger partial charge in [-0.05, 0) is 55.8 Å². The van der Waals surface area contributed by atoms with Crippen LogP contribution in [-0.4, -0.2) is 23.3 Å². The molecule has 6 atom stereocenters. The van der Waals surface area contributed by atoms with E-state index in [2.05, 4.69) is 6.92 Å². The zero-order valence-electron chi connectivity index (χ0n) is 12.8. The Hall–Kier alpha value is -0.160. The van der Waals surface area contributed by atoms with Crippen LogP contribution in [0.5, 0.6) is 0 Å². The quantitative estimate of drug-likeness (QED) is 0.756.